The maximum Gasteiger partial charge on any atom is 0.239 e. The zero-order chi connectivity index (χ0) is 18.8. The third-order valence-corrected chi connectivity index (χ3v) is 5.53. The zero-order valence-corrected chi connectivity index (χ0v) is 15.0. The third-order valence-electron chi connectivity index (χ3n) is 5.53. The fraction of sp³-hybridized carbons (Fsp3) is 0.579. The average Bonchev–Trinajstić information content (AvgIpc) is 3.02. The molecule has 5 nitrogen and oxygen atoms in total. The summed E-state index contributed by atoms with van der Waals surface area (Å²) in [4.78, 5) is 27.9. The molecule has 2 aliphatic heterocycles. The second-order valence-corrected chi connectivity index (χ2v) is 7.28. The van der Waals surface area contributed by atoms with Gasteiger partial charge in [-0.3, -0.25) is 9.59 Å². The van der Waals surface area contributed by atoms with Gasteiger partial charge in [0.05, 0.1) is 6.04 Å². The Hall–Kier alpha value is -2.02. The zero-order valence-electron chi connectivity index (χ0n) is 15.0. The van der Waals surface area contributed by atoms with Crippen LogP contribution in [0.25, 0.3) is 0 Å². The summed E-state index contributed by atoms with van der Waals surface area (Å²) in [5.74, 6) is -2.24. The van der Waals surface area contributed by atoms with E-state index in [2.05, 4.69) is 0 Å². The molecule has 0 saturated carbocycles. The molecule has 26 heavy (non-hydrogen) atoms. The first-order chi connectivity index (χ1) is 12.4. The molecule has 0 radical (unpaired) electrons. The molecule has 3 atom stereocenters. The number of nitrogens with zero attached hydrogens (tertiary/aromatic N) is 2. The van der Waals surface area contributed by atoms with Crippen LogP contribution >= 0.6 is 0 Å². The largest absolute Gasteiger partial charge is 0.339 e. The molecule has 142 valence electrons. The smallest absolute Gasteiger partial charge is 0.239 e. The van der Waals surface area contributed by atoms with Crippen LogP contribution in [0, 0.1) is 11.6 Å². The molecule has 2 fully saturated rings. The number of hydrogen-bond acceptors (Lipinski definition) is 3. The van der Waals surface area contributed by atoms with Crippen LogP contribution in [0.1, 0.15) is 44.1 Å². The van der Waals surface area contributed by atoms with Crippen molar-refractivity contribution in [1.82, 2.24) is 9.80 Å². The van der Waals surface area contributed by atoms with Gasteiger partial charge in [-0.05, 0) is 37.3 Å². The van der Waals surface area contributed by atoms with Crippen LogP contribution in [-0.4, -0.2) is 53.3 Å². The average molecular weight is 365 g/mol. The number of hydrogen-bond donors (Lipinski definition) is 1. The first kappa shape index (κ1) is 18.8. The Labute approximate surface area is 152 Å². The van der Waals surface area contributed by atoms with Gasteiger partial charge in [-0.2, -0.15) is 0 Å². The van der Waals surface area contributed by atoms with E-state index in [9.17, 15) is 18.4 Å². The monoisotopic (exact) mass is 365 g/mol. The van der Waals surface area contributed by atoms with Crippen LogP contribution in [-0.2, 0) is 9.59 Å². The van der Waals surface area contributed by atoms with Gasteiger partial charge in [0.1, 0.15) is 0 Å². The standard InChI is InChI=1S/C19H25F2N3O2/c1-12(25)24-9-3-4-14(24)11-23-10-13(7-8-17(22)19(23)26)15-5-2-6-16(20)18(15)21/h2,5-6,13-14,17H,3-4,7-11,22H2,1H3/t13-,14+,17-/m1/s1. The van der Waals surface area contributed by atoms with Crippen molar-refractivity contribution in [3.05, 3.63) is 35.4 Å². The highest BCUT2D eigenvalue weighted by molar-refractivity contribution is 5.82. The number of carbonyl (C=O) groups is 2. The van der Waals surface area contributed by atoms with Crippen molar-refractivity contribution in [3.63, 3.8) is 0 Å². The molecule has 3 rings (SSSR count). The molecule has 7 heteroatoms. The van der Waals surface area contributed by atoms with E-state index in [0.29, 0.717) is 25.9 Å². The van der Waals surface area contributed by atoms with Crippen LogP contribution in [0.2, 0.25) is 0 Å². The molecule has 2 aliphatic rings. The Morgan fingerprint density at radius 3 is 2.77 bits per heavy atom. The molecule has 1 aromatic carbocycles. The van der Waals surface area contributed by atoms with Crippen molar-refractivity contribution in [1.29, 1.82) is 0 Å². The fourth-order valence-electron chi connectivity index (χ4n) is 4.13. The molecule has 2 amide bonds. The predicted octanol–water partition coefficient (Wildman–Crippen LogP) is 2.01. The summed E-state index contributed by atoms with van der Waals surface area (Å²) in [6.45, 7) is 2.89. The molecule has 1 aromatic rings. The summed E-state index contributed by atoms with van der Waals surface area (Å²) in [5, 5.41) is 0. The summed E-state index contributed by atoms with van der Waals surface area (Å²) in [6.07, 6.45) is 2.68. The molecule has 2 heterocycles. The quantitative estimate of drug-likeness (QED) is 0.891. The number of amides is 2. The second-order valence-electron chi connectivity index (χ2n) is 7.28. The Kier molecular flexibility index (Phi) is 5.55. The van der Waals surface area contributed by atoms with E-state index >= 15 is 0 Å². The van der Waals surface area contributed by atoms with E-state index < -0.39 is 17.7 Å². The molecule has 0 aliphatic carbocycles. The number of halogens is 2. The van der Waals surface area contributed by atoms with Crippen molar-refractivity contribution in [3.8, 4) is 0 Å². The van der Waals surface area contributed by atoms with Crippen LogP contribution in [0.15, 0.2) is 18.2 Å². The molecule has 0 spiro atoms. The Balaban J connectivity index is 1.82. The Bertz CT molecular complexity index is 697. The van der Waals surface area contributed by atoms with Crippen LogP contribution < -0.4 is 5.73 Å². The number of benzene rings is 1. The number of carbonyl (C=O) groups excluding carboxylic acids is 2. The summed E-state index contributed by atoms with van der Waals surface area (Å²) >= 11 is 0. The van der Waals surface area contributed by atoms with E-state index in [4.69, 9.17) is 5.73 Å². The van der Waals surface area contributed by atoms with Gasteiger partial charge < -0.3 is 15.5 Å². The van der Waals surface area contributed by atoms with Crippen LogP contribution in [0.5, 0.6) is 0 Å². The second kappa shape index (κ2) is 7.70. The molecule has 0 aromatic heterocycles. The van der Waals surface area contributed by atoms with Crippen molar-refractivity contribution < 1.29 is 18.4 Å². The lowest BCUT2D eigenvalue weighted by Gasteiger charge is -2.32. The Morgan fingerprint density at radius 2 is 2.04 bits per heavy atom. The minimum Gasteiger partial charge on any atom is -0.339 e. The summed E-state index contributed by atoms with van der Waals surface area (Å²) in [5.41, 5.74) is 6.29. The lowest BCUT2D eigenvalue weighted by Crippen LogP contribution is -2.49. The lowest BCUT2D eigenvalue weighted by atomic mass is 9.93. The predicted molar refractivity (Wildman–Crippen MR) is 93.3 cm³/mol. The Morgan fingerprint density at radius 1 is 1.27 bits per heavy atom. The van der Waals surface area contributed by atoms with Gasteiger partial charge in [0, 0.05) is 38.5 Å². The number of rotatable bonds is 3. The first-order valence-corrected chi connectivity index (χ1v) is 9.14. The number of nitrogens with two attached hydrogens (primary N) is 1. The topological polar surface area (TPSA) is 66.6 Å². The van der Waals surface area contributed by atoms with Gasteiger partial charge in [0.25, 0.3) is 0 Å². The molecule has 2 saturated heterocycles. The van der Waals surface area contributed by atoms with Crippen LogP contribution in [0.4, 0.5) is 8.78 Å². The maximum atomic E-state index is 14.3. The molecule has 0 bridgehead atoms. The highest BCUT2D eigenvalue weighted by atomic mass is 19.2. The van der Waals surface area contributed by atoms with E-state index in [1.165, 1.54) is 13.0 Å². The maximum absolute atomic E-state index is 14.3. The van der Waals surface area contributed by atoms with Gasteiger partial charge in [0.15, 0.2) is 11.6 Å². The fourth-order valence-corrected chi connectivity index (χ4v) is 4.13. The molecular formula is C19H25F2N3O2. The molecular weight excluding hydrogens is 340 g/mol. The van der Waals surface area contributed by atoms with Crippen LogP contribution in [0.3, 0.4) is 0 Å². The number of likely N-dealkylation sites (tertiary alicyclic amines) is 2. The first-order valence-electron chi connectivity index (χ1n) is 9.14. The lowest BCUT2D eigenvalue weighted by molar-refractivity contribution is -0.136. The van der Waals surface area contributed by atoms with Gasteiger partial charge in [-0.1, -0.05) is 12.1 Å². The summed E-state index contributed by atoms with van der Waals surface area (Å²) in [7, 11) is 0. The van der Waals surface area contributed by atoms with Gasteiger partial charge in [0.2, 0.25) is 11.8 Å². The molecule has 2 N–H and O–H groups in total. The van der Waals surface area contributed by atoms with Crippen molar-refractivity contribution in [2.45, 2.75) is 50.6 Å². The summed E-state index contributed by atoms with van der Waals surface area (Å²) < 4.78 is 27.9. The highest BCUT2D eigenvalue weighted by Crippen LogP contribution is 2.30. The minimum absolute atomic E-state index is 0.00760. The van der Waals surface area contributed by atoms with Gasteiger partial charge in [-0.15, -0.1) is 0 Å². The van der Waals surface area contributed by atoms with E-state index in [-0.39, 0.29) is 35.9 Å². The van der Waals surface area contributed by atoms with Gasteiger partial charge >= 0.3 is 0 Å². The van der Waals surface area contributed by atoms with E-state index in [1.54, 1.807) is 15.9 Å². The molecule has 0 unspecified atom stereocenters. The van der Waals surface area contributed by atoms with Crippen molar-refractivity contribution in [2.24, 2.45) is 5.73 Å². The van der Waals surface area contributed by atoms with Crippen molar-refractivity contribution >= 4 is 11.8 Å². The van der Waals surface area contributed by atoms with E-state index in [1.807, 2.05) is 0 Å². The van der Waals surface area contributed by atoms with E-state index in [0.717, 1.165) is 18.9 Å². The van der Waals surface area contributed by atoms with Crippen molar-refractivity contribution in [2.75, 3.05) is 19.6 Å². The SMILES string of the molecule is CC(=O)N1CCC[C@H]1CN1C[C@H](c2cccc(F)c2F)CC[C@@H](N)C1=O. The third kappa shape index (κ3) is 3.72. The minimum atomic E-state index is -0.882. The van der Waals surface area contributed by atoms with Gasteiger partial charge in [-0.25, -0.2) is 8.78 Å². The normalized spacial score (nSPS) is 26.9. The summed E-state index contributed by atoms with van der Waals surface area (Å²) in [6, 6.07) is 3.45. The highest BCUT2D eigenvalue weighted by Gasteiger charge is 2.35.